The van der Waals surface area contributed by atoms with Gasteiger partial charge in [0, 0.05) is 39.1 Å². The van der Waals surface area contributed by atoms with Crippen LogP contribution in [-0.2, 0) is 4.79 Å². The van der Waals surface area contributed by atoms with Crippen molar-refractivity contribution in [2.75, 3.05) is 33.2 Å². The molecule has 2 atom stereocenters. The Balaban J connectivity index is 1.43. The molecule has 1 aliphatic carbocycles. The SMILES string of the molecule is CNC(=O)N1CCC2CC(C1)NN=C2C(=O)N1CCC(C2=CC=C(F)CC(F)=C2C(F)(F)F)CC1. The molecule has 0 spiro atoms. The highest BCUT2D eigenvalue weighted by atomic mass is 19.4. The number of nitrogens with zero attached hydrogens (tertiary/aromatic N) is 3. The van der Waals surface area contributed by atoms with Gasteiger partial charge < -0.3 is 20.5 Å². The molecular weight excluding hydrogens is 473 g/mol. The van der Waals surface area contributed by atoms with E-state index in [0.717, 1.165) is 12.2 Å². The van der Waals surface area contributed by atoms with Gasteiger partial charge in [0.1, 0.15) is 17.4 Å². The summed E-state index contributed by atoms with van der Waals surface area (Å²) in [7, 11) is 1.56. The average Bonchev–Trinajstić information content (AvgIpc) is 3.08. The van der Waals surface area contributed by atoms with E-state index in [1.807, 2.05) is 0 Å². The lowest BCUT2D eigenvalue weighted by Crippen LogP contribution is -2.49. The summed E-state index contributed by atoms with van der Waals surface area (Å²) in [4.78, 5) is 28.5. The van der Waals surface area contributed by atoms with Crippen molar-refractivity contribution in [3.8, 4) is 0 Å². The Morgan fingerprint density at radius 2 is 1.71 bits per heavy atom. The van der Waals surface area contributed by atoms with Crippen LogP contribution in [0.1, 0.15) is 32.1 Å². The van der Waals surface area contributed by atoms with Gasteiger partial charge in [-0.1, -0.05) is 6.08 Å². The zero-order valence-electron chi connectivity index (χ0n) is 19.3. The van der Waals surface area contributed by atoms with E-state index in [9.17, 15) is 31.5 Å². The quantitative estimate of drug-likeness (QED) is 0.568. The first-order valence-corrected chi connectivity index (χ1v) is 11.7. The number of nitrogens with one attached hydrogen (secondary N) is 2. The number of hydrogen-bond donors (Lipinski definition) is 2. The van der Waals surface area contributed by atoms with E-state index in [2.05, 4.69) is 15.8 Å². The molecule has 4 rings (SSSR count). The molecule has 0 aromatic carbocycles. The second-order valence-corrected chi connectivity index (χ2v) is 9.30. The number of urea groups is 1. The van der Waals surface area contributed by atoms with Crippen LogP contribution in [-0.4, -0.2) is 72.9 Å². The predicted molar refractivity (Wildman–Crippen MR) is 118 cm³/mol. The maximum absolute atomic E-state index is 14.3. The van der Waals surface area contributed by atoms with Crippen LogP contribution >= 0.6 is 0 Å². The van der Waals surface area contributed by atoms with Gasteiger partial charge in [0.25, 0.3) is 5.91 Å². The highest BCUT2D eigenvalue weighted by Gasteiger charge is 2.43. The molecule has 2 unspecified atom stereocenters. The summed E-state index contributed by atoms with van der Waals surface area (Å²) in [6, 6.07) is -0.263. The van der Waals surface area contributed by atoms with Gasteiger partial charge in [0.15, 0.2) is 0 Å². The van der Waals surface area contributed by atoms with E-state index < -0.39 is 35.7 Å². The van der Waals surface area contributed by atoms with Crippen LogP contribution in [0.3, 0.4) is 0 Å². The Labute approximate surface area is 199 Å². The maximum Gasteiger partial charge on any atom is 0.419 e. The highest BCUT2D eigenvalue weighted by molar-refractivity contribution is 6.39. The van der Waals surface area contributed by atoms with E-state index in [1.54, 1.807) is 16.8 Å². The number of piperidine rings is 1. The first-order chi connectivity index (χ1) is 16.6. The molecule has 2 bridgehead atoms. The summed E-state index contributed by atoms with van der Waals surface area (Å²) < 4.78 is 68.8. The van der Waals surface area contributed by atoms with Gasteiger partial charge in [0.2, 0.25) is 0 Å². The Morgan fingerprint density at radius 1 is 1.06 bits per heavy atom. The third kappa shape index (κ3) is 5.35. The van der Waals surface area contributed by atoms with Gasteiger partial charge in [-0.05, 0) is 43.3 Å². The first kappa shape index (κ1) is 25.2. The number of amides is 3. The molecule has 2 saturated heterocycles. The molecule has 2 fully saturated rings. The first-order valence-electron chi connectivity index (χ1n) is 11.7. The van der Waals surface area contributed by atoms with Crippen molar-refractivity contribution in [3.05, 3.63) is 35.0 Å². The predicted octanol–water partition coefficient (Wildman–Crippen LogP) is 3.57. The molecule has 0 radical (unpaired) electrons. The highest BCUT2D eigenvalue weighted by Crippen LogP contribution is 2.43. The molecule has 7 nitrogen and oxygen atoms in total. The fraction of sp³-hybridized carbons (Fsp3) is 0.609. The summed E-state index contributed by atoms with van der Waals surface area (Å²) in [6.07, 6.45) is -2.43. The number of rotatable bonds is 2. The average molecular weight is 502 g/mol. The van der Waals surface area contributed by atoms with Crippen molar-refractivity contribution in [1.82, 2.24) is 20.5 Å². The molecule has 2 N–H and O–H groups in total. The monoisotopic (exact) mass is 501 g/mol. The Kier molecular flexibility index (Phi) is 7.18. The van der Waals surface area contributed by atoms with Crippen LogP contribution in [0, 0.1) is 11.8 Å². The van der Waals surface area contributed by atoms with Gasteiger partial charge in [-0.15, -0.1) is 0 Å². The lowest BCUT2D eigenvalue weighted by atomic mass is 9.83. The summed E-state index contributed by atoms with van der Waals surface area (Å²) in [5.74, 6) is -3.56. The normalized spacial score (nSPS) is 26.2. The van der Waals surface area contributed by atoms with Crippen LogP contribution in [0.2, 0.25) is 0 Å². The molecule has 0 aromatic rings. The minimum Gasteiger partial charge on any atom is -0.341 e. The van der Waals surface area contributed by atoms with E-state index in [1.165, 1.54) is 0 Å². The molecule has 3 heterocycles. The Hall–Kier alpha value is -2.92. The van der Waals surface area contributed by atoms with E-state index in [0.29, 0.717) is 31.6 Å². The molecule has 192 valence electrons. The van der Waals surface area contributed by atoms with Crippen molar-refractivity contribution < 1.29 is 31.5 Å². The number of halogens is 5. The lowest BCUT2D eigenvalue weighted by Gasteiger charge is -2.36. The van der Waals surface area contributed by atoms with E-state index in [-0.39, 0.29) is 55.4 Å². The second-order valence-electron chi connectivity index (χ2n) is 9.30. The second kappa shape index (κ2) is 9.98. The minimum atomic E-state index is -4.94. The molecule has 3 aliphatic heterocycles. The fourth-order valence-electron chi connectivity index (χ4n) is 5.29. The van der Waals surface area contributed by atoms with Crippen molar-refractivity contribution in [3.63, 3.8) is 0 Å². The summed E-state index contributed by atoms with van der Waals surface area (Å²) in [6.45, 7) is 1.31. The molecule has 4 aliphatic rings. The van der Waals surface area contributed by atoms with E-state index >= 15 is 0 Å². The summed E-state index contributed by atoms with van der Waals surface area (Å²) in [5.41, 5.74) is 1.65. The number of carbonyl (C=O) groups excluding carboxylic acids is 2. The topological polar surface area (TPSA) is 77.0 Å². The smallest absolute Gasteiger partial charge is 0.341 e. The molecule has 35 heavy (non-hydrogen) atoms. The van der Waals surface area contributed by atoms with Gasteiger partial charge in [-0.3, -0.25) is 4.79 Å². The summed E-state index contributed by atoms with van der Waals surface area (Å²) >= 11 is 0. The fourth-order valence-corrected chi connectivity index (χ4v) is 5.29. The number of alkyl halides is 3. The van der Waals surface area contributed by atoms with Gasteiger partial charge >= 0.3 is 12.2 Å². The number of fused-ring (bicyclic) bond motifs is 2. The van der Waals surface area contributed by atoms with Gasteiger partial charge in [0.05, 0.1) is 18.0 Å². The zero-order chi connectivity index (χ0) is 25.3. The van der Waals surface area contributed by atoms with Crippen LogP contribution < -0.4 is 10.7 Å². The lowest BCUT2D eigenvalue weighted by molar-refractivity contribution is -0.125. The van der Waals surface area contributed by atoms with Crippen LogP contribution in [0.15, 0.2) is 40.1 Å². The van der Waals surface area contributed by atoms with Crippen LogP contribution in [0.25, 0.3) is 0 Å². The van der Waals surface area contributed by atoms with Crippen LogP contribution in [0.4, 0.5) is 26.7 Å². The molecule has 0 aromatic heterocycles. The minimum absolute atomic E-state index is 0.0693. The van der Waals surface area contributed by atoms with Crippen molar-refractivity contribution in [1.29, 1.82) is 0 Å². The van der Waals surface area contributed by atoms with Crippen LogP contribution in [0.5, 0.6) is 0 Å². The Bertz CT molecular complexity index is 995. The zero-order valence-corrected chi connectivity index (χ0v) is 19.3. The number of allylic oxidation sites excluding steroid dienone is 6. The van der Waals surface area contributed by atoms with Crippen molar-refractivity contribution >= 4 is 17.6 Å². The maximum atomic E-state index is 14.3. The number of hydrazone groups is 1. The van der Waals surface area contributed by atoms with Crippen molar-refractivity contribution in [2.45, 2.75) is 44.3 Å². The molecule has 0 saturated carbocycles. The number of hydrogen-bond acceptors (Lipinski definition) is 4. The third-order valence-corrected chi connectivity index (χ3v) is 7.06. The summed E-state index contributed by atoms with van der Waals surface area (Å²) in [5, 5.41) is 6.90. The molecule has 12 heteroatoms. The Morgan fingerprint density at radius 3 is 2.37 bits per heavy atom. The largest absolute Gasteiger partial charge is 0.419 e. The number of likely N-dealkylation sites (tertiary alicyclic amines) is 2. The molecule has 3 amide bonds. The van der Waals surface area contributed by atoms with E-state index in [4.69, 9.17) is 0 Å². The molecular formula is C23H28F5N5O2. The standard InChI is InChI=1S/C23H28F5N5O2/c1-29-22(35)33-9-6-14-10-16(12-33)30-31-20(14)21(34)32-7-4-13(5-8-32)17-3-2-15(24)11-18(25)19(17)23(26,27)28/h2-3,13-14,16,30H,4-12H2,1H3,(H,29,35). The van der Waals surface area contributed by atoms with Crippen molar-refractivity contribution in [2.24, 2.45) is 16.9 Å². The van der Waals surface area contributed by atoms with Gasteiger partial charge in [-0.25, -0.2) is 13.6 Å². The number of carbonyl (C=O) groups is 2. The third-order valence-electron chi connectivity index (χ3n) is 7.06. The van der Waals surface area contributed by atoms with Gasteiger partial charge in [-0.2, -0.15) is 18.3 Å².